The molecular weight excluding hydrogens is 216 g/mol. The first-order valence-electron chi connectivity index (χ1n) is 5.21. The van der Waals surface area contributed by atoms with Gasteiger partial charge in [-0.25, -0.2) is 0 Å². The lowest BCUT2D eigenvalue weighted by atomic mass is 10.0. The number of hydrogen-bond donors (Lipinski definition) is 2. The highest BCUT2D eigenvalue weighted by molar-refractivity contribution is 7.80. The van der Waals surface area contributed by atoms with Gasteiger partial charge >= 0.3 is 0 Å². The molecule has 1 unspecified atom stereocenters. The number of nitrogens with two attached hydrogens (primary N) is 1. The highest BCUT2D eigenvalue weighted by Gasteiger charge is 2.05. The van der Waals surface area contributed by atoms with E-state index in [1.807, 2.05) is 19.1 Å². The van der Waals surface area contributed by atoms with Crippen LogP contribution in [-0.4, -0.2) is 5.11 Å². The third kappa shape index (κ3) is 2.31. The van der Waals surface area contributed by atoms with Crippen molar-refractivity contribution in [3.05, 3.63) is 48.0 Å². The molecule has 82 valence electrons. The molecule has 0 spiro atoms. The molecule has 0 saturated heterocycles. The summed E-state index contributed by atoms with van der Waals surface area (Å²) in [6, 6.07) is 14.8. The number of benzene rings is 2. The van der Waals surface area contributed by atoms with Gasteiger partial charge in [-0.3, -0.25) is 0 Å². The summed E-state index contributed by atoms with van der Waals surface area (Å²) < 4.78 is 0. The Bertz CT molecular complexity index is 522. The molecule has 0 aliphatic heterocycles. The zero-order valence-electron chi connectivity index (χ0n) is 9.10. The lowest BCUT2D eigenvalue weighted by Gasteiger charge is -2.14. The van der Waals surface area contributed by atoms with Crippen molar-refractivity contribution in [2.45, 2.75) is 13.0 Å². The van der Waals surface area contributed by atoms with Crippen LogP contribution in [-0.2, 0) is 0 Å². The van der Waals surface area contributed by atoms with Crippen LogP contribution in [0.25, 0.3) is 10.8 Å². The van der Waals surface area contributed by atoms with Crippen molar-refractivity contribution >= 4 is 28.1 Å². The Hall–Kier alpha value is -1.61. The van der Waals surface area contributed by atoms with E-state index in [-0.39, 0.29) is 6.04 Å². The zero-order chi connectivity index (χ0) is 11.5. The summed E-state index contributed by atoms with van der Waals surface area (Å²) in [5, 5.41) is 5.84. The first-order valence-corrected chi connectivity index (χ1v) is 5.62. The van der Waals surface area contributed by atoms with Gasteiger partial charge in [0.2, 0.25) is 0 Å². The molecule has 2 rings (SSSR count). The van der Waals surface area contributed by atoms with Crippen LogP contribution >= 0.6 is 12.2 Å². The van der Waals surface area contributed by atoms with Gasteiger partial charge in [0.15, 0.2) is 5.11 Å². The van der Waals surface area contributed by atoms with Crippen molar-refractivity contribution in [3.8, 4) is 0 Å². The SMILES string of the molecule is CC(NC(N)=S)c1ccc2ccccc2c1. The van der Waals surface area contributed by atoms with E-state index in [2.05, 4.69) is 35.6 Å². The number of thiocarbonyl (C=S) groups is 1. The Morgan fingerprint density at radius 3 is 2.56 bits per heavy atom. The van der Waals surface area contributed by atoms with E-state index in [1.165, 1.54) is 16.3 Å². The molecule has 2 aromatic carbocycles. The summed E-state index contributed by atoms with van der Waals surface area (Å²) in [5.74, 6) is 0. The van der Waals surface area contributed by atoms with Crippen LogP contribution in [0, 0.1) is 0 Å². The Morgan fingerprint density at radius 1 is 1.19 bits per heavy atom. The third-order valence-corrected chi connectivity index (χ3v) is 2.75. The van der Waals surface area contributed by atoms with E-state index >= 15 is 0 Å². The first-order chi connectivity index (χ1) is 7.66. The van der Waals surface area contributed by atoms with Gasteiger partial charge in [-0.2, -0.15) is 0 Å². The second-order valence-corrected chi connectivity index (χ2v) is 4.28. The zero-order valence-corrected chi connectivity index (χ0v) is 9.92. The Balaban J connectivity index is 2.35. The van der Waals surface area contributed by atoms with Crippen LogP contribution in [0.5, 0.6) is 0 Å². The largest absolute Gasteiger partial charge is 0.376 e. The maximum atomic E-state index is 5.46. The highest BCUT2D eigenvalue weighted by atomic mass is 32.1. The smallest absolute Gasteiger partial charge is 0.164 e. The lowest BCUT2D eigenvalue weighted by molar-refractivity contribution is 0.721. The molecule has 16 heavy (non-hydrogen) atoms. The molecule has 2 nitrogen and oxygen atoms in total. The summed E-state index contributed by atoms with van der Waals surface area (Å²) in [7, 11) is 0. The fourth-order valence-corrected chi connectivity index (χ4v) is 1.95. The Kier molecular flexibility index (Phi) is 3.06. The van der Waals surface area contributed by atoms with Gasteiger partial charge in [0.05, 0.1) is 6.04 Å². The minimum absolute atomic E-state index is 0.141. The van der Waals surface area contributed by atoms with Crippen LogP contribution < -0.4 is 11.1 Å². The molecule has 0 aromatic heterocycles. The maximum Gasteiger partial charge on any atom is 0.164 e. The summed E-state index contributed by atoms with van der Waals surface area (Å²) in [4.78, 5) is 0. The van der Waals surface area contributed by atoms with Crippen LogP contribution in [0.1, 0.15) is 18.5 Å². The van der Waals surface area contributed by atoms with Crippen molar-refractivity contribution in [1.82, 2.24) is 5.32 Å². The van der Waals surface area contributed by atoms with Gasteiger partial charge in [-0.15, -0.1) is 0 Å². The van der Waals surface area contributed by atoms with Gasteiger partial charge in [-0.1, -0.05) is 36.4 Å². The predicted octanol–water partition coefficient (Wildman–Crippen LogP) is 2.73. The van der Waals surface area contributed by atoms with Gasteiger partial charge in [0.1, 0.15) is 0 Å². The average Bonchev–Trinajstić information content (AvgIpc) is 2.27. The van der Waals surface area contributed by atoms with Gasteiger partial charge in [-0.05, 0) is 41.5 Å². The van der Waals surface area contributed by atoms with E-state index in [0.29, 0.717) is 5.11 Å². The number of rotatable bonds is 2. The molecule has 3 heteroatoms. The van der Waals surface area contributed by atoms with Gasteiger partial charge in [0, 0.05) is 0 Å². The van der Waals surface area contributed by atoms with E-state index < -0.39 is 0 Å². The Labute approximate surface area is 100 Å². The minimum atomic E-state index is 0.141. The standard InChI is InChI=1S/C13H14N2S/c1-9(15-13(14)16)11-7-6-10-4-2-3-5-12(10)8-11/h2-9H,1H3,(H3,14,15,16). The van der Waals surface area contributed by atoms with Crippen molar-refractivity contribution < 1.29 is 0 Å². The van der Waals surface area contributed by atoms with E-state index in [1.54, 1.807) is 0 Å². The molecule has 3 N–H and O–H groups in total. The van der Waals surface area contributed by atoms with Crippen LogP contribution in [0.3, 0.4) is 0 Å². The van der Waals surface area contributed by atoms with E-state index in [0.717, 1.165) is 0 Å². The molecule has 0 aliphatic carbocycles. The van der Waals surface area contributed by atoms with Crippen LogP contribution in [0.15, 0.2) is 42.5 Å². The third-order valence-electron chi connectivity index (χ3n) is 2.63. The normalized spacial score (nSPS) is 12.3. The van der Waals surface area contributed by atoms with E-state index in [4.69, 9.17) is 18.0 Å². The molecule has 0 bridgehead atoms. The average molecular weight is 230 g/mol. The van der Waals surface area contributed by atoms with Gasteiger partial charge in [0.25, 0.3) is 0 Å². The monoisotopic (exact) mass is 230 g/mol. The number of nitrogens with one attached hydrogen (secondary N) is 1. The molecule has 2 aromatic rings. The topological polar surface area (TPSA) is 38.0 Å². The fourth-order valence-electron chi connectivity index (χ4n) is 1.77. The molecule has 0 aliphatic rings. The van der Waals surface area contributed by atoms with Crippen molar-refractivity contribution in [3.63, 3.8) is 0 Å². The summed E-state index contributed by atoms with van der Waals surface area (Å²) in [6.07, 6.45) is 0. The molecule has 0 amide bonds. The number of hydrogen-bond acceptors (Lipinski definition) is 1. The van der Waals surface area contributed by atoms with Gasteiger partial charge < -0.3 is 11.1 Å². The van der Waals surface area contributed by atoms with Crippen LogP contribution in [0.2, 0.25) is 0 Å². The fraction of sp³-hybridized carbons (Fsp3) is 0.154. The summed E-state index contributed by atoms with van der Waals surface area (Å²) in [5.41, 5.74) is 6.65. The van der Waals surface area contributed by atoms with Crippen LogP contribution in [0.4, 0.5) is 0 Å². The summed E-state index contributed by atoms with van der Waals surface area (Å²) in [6.45, 7) is 2.04. The first kappa shape index (κ1) is 10.9. The predicted molar refractivity (Wildman–Crippen MR) is 72.3 cm³/mol. The molecule has 0 fully saturated rings. The Morgan fingerprint density at radius 2 is 1.88 bits per heavy atom. The van der Waals surface area contributed by atoms with Crippen molar-refractivity contribution in [2.24, 2.45) is 5.73 Å². The van der Waals surface area contributed by atoms with Crippen molar-refractivity contribution in [1.29, 1.82) is 0 Å². The molecule has 1 atom stereocenters. The molecule has 0 heterocycles. The number of fused-ring (bicyclic) bond motifs is 1. The molecule has 0 saturated carbocycles. The quantitative estimate of drug-likeness (QED) is 0.779. The maximum absolute atomic E-state index is 5.46. The second-order valence-electron chi connectivity index (χ2n) is 3.84. The lowest BCUT2D eigenvalue weighted by Crippen LogP contribution is -2.31. The van der Waals surface area contributed by atoms with E-state index in [9.17, 15) is 0 Å². The molecule has 0 radical (unpaired) electrons. The summed E-state index contributed by atoms with van der Waals surface area (Å²) >= 11 is 4.83. The van der Waals surface area contributed by atoms with Crippen molar-refractivity contribution in [2.75, 3.05) is 0 Å². The highest BCUT2D eigenvalue weighted by Crippen LogP contribution is 2.19. The minimum Gasteiger partial charge on any atom is -0.376 e. The second kappa shape index (κ2) is 4.49. The molecular formula is C13H14N2S.